The van der Waals surface area contributed by atoms with E-state index in [-0.39, 0.29) is 18.3 Å². The molecule has 1 amide bonds. The highest BCUT2D eigenvalue weighted by Gasteiger charge is 2.22. The molecular weight excluding hydrogens is 432 g/mol. The molecule has 6 heteroatoms. The molecule has 0 atom stereocenters. The van der Waals surface area contributed by atoms with Gasteiger partial charge >= 0.3 is 0 Å². The van der Waals surface area contributed by atoms with Crippen LogP contribution in [0.2, 0.25) is 0 Å². The fraction of sp³-hybridized carbons (Fsp3) is 0.222. The molecule has 0 bridgehead atoms. The number of para-hydroxylation sites is 1. The lowest BCUT2D eigenvalue weighted by molar-refractivity contribution is -0.119. The molecule has 1 aromatic heterocycles. The maximum Gasteiger partial charge on any atom is 0.271 e. The van der Waals surface area contributed by atoms with Gasteiger partial charge < -0.3 is 4.74 Å². The molecule has 0 saturated carbocycles. The summed E-state index contributed by atoms with van der Waals surface area (Å²) in [5, 5.41) is 0.603. The van der Waals surface area contributed by atoms with Crippen molar-refractivity contribution in [1.82, 2.24) is 4.98 Å². The van der Waals surface area contributed by atoms with Gasteiger partial charge in [0.2, 0.25) is 0 Å². The number of Topliss-reactive ketones (excluding diaryl/α,β-unsaturated/α-hetero) is 1. The molecule has 4 aromatic rings. The molecule has 3 aromatic carbocycles. The van der Waals surface area contributed by atoms with Crippen molar-refractivity contribution >= 4 is 44.1 Å². The first kappa shape index (κ1) is 22.7. The topological polar surface area (TPSA) is 59.5 Å². The van der Waals surface area contributed by atoms with Gasteiger partial charge in [-0.25, -0.2) is 4.98 Å². The number of amides is 1. The zero-order chi connectivity index (χ0) is 23.4. The van der Waals surface area contributed by atoms with Crippen molar-refractivity contribution in [2.75, 3.05) is 11.5 Å². The van der Waals surface area contributed by atoms with Gasteiger partial charge in [0.1, 0.15) is 5.75 Å². The molecule has 0 spiro atoms. The standard InChI is InChI=1S/C27H26N2O3S/c1-4-24(30)20-11-15-22(16-12-20)32-17-26(31)29(21-13-9-19(10-14-21)18(2)3)27-28-23-7-5-6-8-25(23)33-27/h5-16,18H,4,17H2,1-3H3. The van der Waals surface area contributed by atoms with Crippen LogP contribution in [0, 0.1) is 0 Å². The Morgan fingerprint density at radius 1 is 0.970 bits per heavy atom. The Labute approximate surface area is 197 Å². The molecule has 0 saturated heterocycles. The van der Waals surface area contributed by atoms with Gasteiger partial charge in [-0.05, 0) is 60.0 Å². The second-order valence-electron chi connectivity index (χ2n) is 8.03. The van der Waals surface area contributed by atoms with Crippen molar-refractivity contribution in [2.45, 2.75) is 33.1 Å². The van der Waals surface area contributed by atoms with E-state index in [1.54, 1.807) is 29.2 Å². The quantitative estimate of drug-likeness (QED) is 0.274. The van der Waals surface area contributed by atoms with Crippen molar-refractivity contribution in [3.63, 3.8) is 0 Å². The summed E-state index contributed by atoms with van der Waals surface area (Å²) in [7, 11) is 0. The third-order valence-corrected chi connectivity index (χ3v) is 6.42. The molecule has 0 aliphatic rings. The first-order chi connectivity index (χ1) is 16.0. The molecule has 4 rings (SSSR count). The van der Waals surface area contributed by atoms with Crippen LogP contribution in [0.1, 0.15) is 49.0 Å². The van der Waals surface area contributed by atoms with E-state index in [9.17, 15) is 9.59 Å². The maximum absolute atomic E-state index is 13.3. The SMILES string of the molecule is CCC(=O)c1ccc(OCC(=O)N(c2ccc(C(C)C)cc2)c2nc3ccccc3s2)cc1. The monoisotopic (exact) mass is 458 g/mol. The van der Waals surface area contributed by atoms with Gasteiger partial charge in [0.25, 0.3) is 5.91 Å². The van der Waals surface area contributed by atoms with E-state index < -0.39 is 0 Å². The molecule has 0 aliphatic carbocycles. The van der Waals surface area contributed by atoms with Crippen molar-refractivity contribution < 1.29 is 14.3 Å². The molecule has 0 radical (unpaired) electrons. The number of ketones is 1. The number of hydrogen-bond donors (Lipinski definition) is 0. The van der Waals surface area contributed by atoms with Crippen molar-refractivity contribution in [3.8, 4) is 5.75 Å². The molecular formula is C27H26N2O3S. The van der Waals surface area contributed by atoms with E-state index in [4.69, 9.17) is 9.72 Å². The van der Waals surface area contributed by atoms with Crippen molar-refractivity contribution in [2.24, 2.45) is 0 Å². The maximum atomic E-state index is 13.3. The number of fused-ring (bicyclic) bond motifs is 1. The summed E-state index contributed by atoms with van der Waals surface area (Å²) in [6.45, 7) is 5.95. The van der Waals surface area contributed by atoms with Gasteiger partial charge in [0.15, 0.2) is 17.5 Å². The van der Waals surface area contributed by atoms with Crippen LogP contribution < -0.4 is 9.64 Å². The van der Waals surface area contributed by atoms with Crippen LogP contribution in [0.3, 0.4) is 0 Å². The largest absolute Gasteiger partial charge is 0.484 e. The average Bonchev–Trinajstić information content (AvgIpc) is 3.26. The highest BCUT2D eigenvalue weighted by atomic mass is 32.1. The number of ether oxygens (including phenoxy) is 1. The van der Waals surface area contributed by atoms with Gasteiger partial charge in [0, 0.05) is 12.0 Å². The normalized spacial score (nSPS) is 11.0. The average molecular weight is 459 g/mol. The Bertz CT molecular complexity index is 1230. The van der Waals surface area contributed by atoms with Gasteiger partial charge in [-0.3, -0.25) is 14.5 Å². The highest BCUT2D eigenvalue weighted by Crippen LogP contribution is 2.34. The first-order valence-corrected chi connectivity index (χ1v) is 11.8. The lowest BCUT2D eigenvalue weighted by Crippen LogP contribution is -2.30. The van der Waals surface area contributed by atoms with Crippen LogP contribution in [0.25, 0.3) is 10.2 Å². The molecule has 0 N–H and O–H groups in total. The second kappa shape index (κ2) is 9.96. The molecule has 33 heavy (non-hydrogen) atoms. The summed E-state index contributed by atoms with van der Waals surface area (Å²) in [5.74, 6) is 0.788. The van der Waals surface area contributed by atoms with E-state index in [2.05, 4.69) is 13.8 Å². The minimum absolute atomic E-state index is 0.0736. The molecule has 5 nitrogen and oxygen atoms in total. The summed E-state index contributed by atoms with van der Waals surface area (Å²) in [6.07, 6.45) is 0.450. The number of anilines is 2. The van der Waals surface area contributed by atoms with Crippen molar-refractivity contribution in [3.05, 3.63) is 83.9 Å². The molecule has 168 valence electrons. The third-order valence-electron chi connectivity index (χ3n) is 5.40. The van der Waals surface area contributed by atoms with Gasteiger partial charge in [0.05, 0.1) is 15.9 Å². The van der Waals surface area contributed by atoms with Gasteiger partial charge in [-0.2, -0.15) is 0 Å². The van der Waals surface area contributed by atoms with Gasteiger partial charge in [-0.1, -0.05) is 56.4 Å². The van der Waals surface area contributed by atoms with E-state index >= 15 is 0 Å². The third kappa shape index (κ3) is 5.12. The summed E-state index contributed by atoms with van der Waals surface area (Å²) in [6, 6.07) is 22.7. The van der Waals surface area contributed by atoms with Gasteiger partial charge in [-0.15, -0.1) is 0 Å². The van der Waals surface area contributed by atoms with Crippen molar-refractivity contribution in [1.29, 1.82) is 0 Å². The summed E-state index contributed by atoms with van der Waals surface area (Å²) >= 11 is 1.47. The predicted molar refractivity (Wildman–Crippen MR) is 134 cm³/mol. The minimum Gasteiger partial charge on any atom is -0.484 e. The van der Waals surface area contributed by atoms with Crippen LogP contribution in [-0.2, 0) is 4.79 Å². The molecule has 1 heterocycles. The minimum atomic E-state index is -0.222. The highest BCUT2D eigenvalue weighted by molar-refractivity contribution is 7.22. The Hall–Kier alpha value is -3.51. The van der Waals surface area contributed by atoms with E-state index in [1.165, 1.54) is 16.9 Å². The van der Waals surface area contributed by atoms with Crippen LogP contribution in [0.4, 0.5) is 10.8 Å². The number of carbonyl (C=O) groups is 2. The Morgan fingerprint density at radius 3 is 2.30 bits per heavy atom. The lowest BCUT2D eigenvalue weighted by Gasteiger charge is -2.21. The molecule has 0 aliphatic heterocycles. The van der Waals surface area contributed by atoms with Crippen LogP contribution >= 0.6 is 11.3 Å². The zero-order valence-electron chi connectivity index (χ0n) is 18.9. The number of thiazole rings is 1. The number of benzene rings is 3. The van der Waals surface area contributed by atoms with Crippen LogP contribution in [0.5, 0.6) is 5.75 Å². The van der Waals surface area contributed by atoms with E-state index in [0.29, 0.717) is 28.8 Å². The number of aromatic nitrogens is 1. The Kier molecular flexibility index (Phi) is 6.84. The second-order valence-corrected chi connectivity index (χ2v) is 9.04. The number of nitrogens with zero attached hydrogens (tertiary/aromatic N) is 2. The fourth-order valence-corrected chi connectivity index (χ4v) is 4.48. The smallest absolute Gasteiger partial charge is 0.271 e. The Balaban J connectivity index is 1.59. The summed E-state index contributed by atoms with van der Waals surface area (Å²) < 4.78 is 6.79. The fourth-order valence-electron chi connectivity index (χ4n) is 3.48. The molecule has 0 unspecified atom stereocenters. The van der Waals surface area contributed by atoms with Crippen LogP contribution in [-0.4, -0.2) is 23.3 Å². The number of rotatable bonds is 8. The summed E-state index contributed by atoms with van der Waals surface area (Å²) in [4.78, 5) is 31.5. The number of carbonyl (C=O) groups excluding carboxylic acids is 2. The first-order valence-electron chi connectivity index (χ1n) is 11.0. The lowest BCUT2D eigenvalue weighted by atomic mass is 10.0. The molecule has 0 fully saturated rings. The Morgan fingerprint density at radius 2 is 1.67 bits per heavy atom. The predicted octanol–water partition coefficient (Wildman–Crippen LogP) is 6.76. The summed E-state index contributed by atoms with van der Waals surface area (Å²) in [5.41, 5.74) is 3.44. The van der Waals surface area contributed by atoms with Crippen LogP contribution in [0.15, 0.2) is 72.8 Å². The number of hydrogen-bond acceptors (Lipinski definition) is 5. The van der Waals surface area contributed by atoms with E-state index in [1.807, 2.05) is 55.5 Å². The zero-order valence-corrected chi connectivity index (χ0v) is 19.8. The van der Waals surface area contributed by atoms with E-state index in [0.717, 1.165) is 15.9 Å².